The quantitative estimate of drug-likeness (QED) is 0.259. The normalized spacial score (nSPS) is 11.4. The number of hydrogen-bond donors (Lipinski definition) is 0. The highest BCUT2D eigenvalue weighted by Crippen LogP contribution is 2.27. The SMILES string of the molecule is COC=C(C(=O)OC)c1ccccc1COc1cc(C)c(C(=O)/C=C/N(C)C)cc1C. The molecule has 0 saturated carbocycles. The summed E-state index contributed by atoms with van der Waals surface area (Å²) in [5.41, 5.74) is 4.11. The fourth-order valence-corrected chi connectivity index (χ4v) is 3.03. The van der Waals surface area contributed by atoms with Crippen molar-refractivity contribution in [3.63, 3.8) is 0 Å². The molecule has 0 spiro atoms. The fourth-order valence-electron chi connectivity index (χ4n) is 3.03. The van der Waals surface area contributed by atoms with E-state index in [2.05, 4.69) is 0 Å². The van der Waals surface area contributed by atoms with E-state index >= 15 is 0 Å². The third-order valence-electron chi connectivity index (χ3n) is 4.64. The first kappa shape index (κ1) is 23.7. The summed E-state index contributed by atoms with van der Waals surface area (Å²) >= 11 is 0. The lowest BCUT2D eigenvalue weighted by Gasteiger charge is -2.15. The first-order chi connectivity index (χ1) is 14.8. The molecule has 6 nitrogen and oxygen atoms in total. The second-order valence-corrected chi connectivity index (χ2v) is 7.28. The summed E-state index contributed by atoms with van der Waals surface area (Å²) in [6.45, 7) is 4.02. The van der Waals surface area contributed by atoms with Gasteiger partial charge in [0.25, 0.3) is 0 Å². The lowest BCUT2D eigenvalue weighted by molar-refractivity contribution is -0.133. The zero-order valence-electron chi connectivity index (χ0n) is 18.9. The summed E-state index contributed by atoms with van der Waals surface area (Å²) in [5, 5.41) is 0. The second kappa shape index (κ2) is 11.0. The van der Waals surface area contributed by atoms with Crippen molar-refractivity contribution in [2.75, 3.05) is 28.3 Å². The molecular formula is C25H29NO5. The van der Waals surface area contributed by atoms with Gasteiger partial charge in [0, 0.05) is 31.9 Å². The first-order valence-corrected chi connectivity index (χ1v) is 9.81. The minimum absolute atomic E-state index is 0.0568. The maximum atomic E-state index is 12.5. The number of aryl methyl sites for hydroxylation is 2. The van der Waals surface area contributed by atoms with Gasteiger partial charge in [0.1, 0.15) is 17.9 Å². The molecule has 6 heteroatoms. The van der Waals surface area contributed by atoms with Crippen LogP contribution < -0.4 is 4.74 Å². The molecule has 0 aliphatic heterocycles. The largest absolute Gasteiger partial charge is 0.503 e. The van der Waals surface area contributed by atoms with Crippen LogP contribution >= 0.6 is 0 Å². The van der Waals surface area contributed by atoms with Gasteiger partial charge < -0.3 is 19.1 Å². The van der Waals surface area contributed by atoms with Crippen molar-refractivity contribution in [3.8, 4) is 5.75 Å². The zero-order valence-corrected chi connectivity index (χ0v) is 18.9. The molecule has 0 atom stereocenters. The van der Waals surface area contributed by atoms with E-state index in [1.54, 1.807) is 12.3 Å². The summed E-state index contributed by atoms with van der Waals surface area (Å²) < 4.78 is 16.0. The van der Waals surface area contributed by atoms with E-state index in [-0.39, 0.29) is 12.4 Å². The third kappa shape index (κ3) is 6.22. The molecule has 0 fully saturated rings. The Hall–Kier alpha value is -3.54. The summed E-state index contributed by atoms with van der Waals surface area (Å²) in [5.74, 6) is 0.129. The predicted molar refractivity (Wildman–Crippen MR) is 121 cm³/mol. The van der Waals surface area contributed by atoms with Crippen LogP contribution in [0, 0.1) is 13.8 Å². The number of ketones is 1. The van der Waals surface area contributed by atoms with Crippen LogP contribution in [0.15, 0.2) is 54.9 Å². The van der Waals surface area contributed by atoms with Crippen molar-refractivity contribution in [3.05, 3.63) is 82.8 Å². The van der Waals surface area contributed by atoms with Gasteiger partial charge in [-0.15, -0.1) is 0 Å². The Kier molecular flexibility index (Phi) is 8.43. The van der Waals surface area contributed by atoms with E-state index in [1.807, 2.05) is 69.2 Å². The van der Waals surface area contributed by atoms with Crippen LogP contribution in [0.5, 0.6) is 5.75 Å². The van der Waals surface area contributed by atoms with Gasteiger partial charge in [-0.05, 0) is 48.2 Å². The summed E-state index contributed by atoms with van der Waals surface area (Å²) in [6.07, 6.45) is 4.64. The minimum atomic E-state index is -0.491. The number of methoxy groups -OCH3 is 2. The van der Waals surface area contributed by atoms with Crippen molar-refractivity contribution in [1.29, 1.82) is 0 Å². The van der Waals surface area contributed by atoms with Crippen molar-refractivity contribution in [2.24, 2.45) is 0 Å². The summed E-state index contributed by atoms with van der Waals surface area (Å²) in [7, 11) is 6.53. The van der Waals surface area contributed by atoms with Gasteiger partial charge >= 0.3 is 5.97 Å². The molecule has 0 aliphatic carbocycles. The number of benzene rings is 2. The fraction of sp³-hybridized carbons (Fsp3) is 0.280. The molecule has 0 aromatic heterocycles. The average Bonchev–Trinajstić information content (AvgIpc) is 2.75. The van der Waals surface area contributed by atoms with Crippen LogP contribution in [0.4, 0.5) is 0 Å². The predicted octanol–water partition coefficient (Wildman–Crippen LogP) is 4.30. The van der Waals surface area contributed by atoms with Crippen LogP contribution in [0.2, 0.25) is 0 Å². The van der Waals surface area contributed by atoms with E-state index < -0.39 is 5.97 Å². The number of carbonyl (C=O) groups excluding carboxylic acids is 2. The number of hydrogen-bond acceptors (Lipinski definition) is 6. The van der Waals surface area contributed by atoms with Gasteiger partial charge in [-0.2, -0.15) is 0 Å². The topological polar surface area (TPSA) is 65.1 Å². The highest BCUT2D eigenvalue weighted by Gasteiger charge is 2.17. The molecular weight excluding hydrogens is 394 g/mol. The zero-order chi connectivity index (χ0) is 23.0. The molecule has 2 aromatic carbocycles. The van der Waals surface area contributed by atoms with Crippen LogP contribution in [0.3, 0.4) is 0 Å². The Bertz CT molecular complexity index is 1000. The Balaban J connectivity index is 2.28. The highest BCUT2D eigenvalue weighted by molar-refractivity contribution is 6.16. The van der Waals surface area contributed by atoms with Gasteiger partial charge in [0.15, 0.2) is 5.78 Å². The molecule has 164 valence electrons. The lowest BCUT2D eigenvalue weighted by Crippen LogP contribution is -2.09. The van der Waals surface area contributed by atoms with Crippen molar-refractivity contribution in [1.82, 2.24) is 4.90 Å². The first-order valence-electron chi connectivity index (χ1n) is 9.81. The number of nitrogens with zero attached hydrogens (tertiary/aromatic N) is 1. The molecule has 0 aliphatic rings. The van der Waals surface area contributed by atoms with Crippen LogP contribution in [-0.4, -0.2) is 45.0 Å². The number of esters is 1. The van der Waals surface area contributed by atoms with Gasteiger partial charge in [0.2, 0.25) is 0 Å². The van der Waals surface area contributed by atoms with E-state index in [0.29, 0.717) is 22.4 Å². The molecule has 0 radical (unpaired) electrons. The average molecular weight is 424 g/mol. The molecule has 2 rings (SSSR count). The van der Waals surface area contributed by atoms with Crippen LogP contribution in [0.25, 0.3) is 5.57 Å². The van der Waals surface area contributed by atoms with E-state index in [4.69, 9.17) is 14.2 Å². The number of allylic oxidation sites excluding steroid dienone is 1. The Labute approximate surface area is 183 Å². The Morgan fingerprint density at radius 3 is 2.35 bits per heavy atom. The summed E-state index contributed by atoms with van der Waals surface area (Å²) in [6, 6.07) is 11.1. The Morgan fingerprint density at radius 1 is 1.00 bits per heavy atom. The maximum Gasteiger partial charge on any atom is 0.341 e. The molecule has 0 unspecified atom stereocenters. The Morgan fingerprint density at radius 2 is 1.71 bits per heavy atom. The molecule has 2 aromatic rings. The van der Waals surface area contributed by atoms with Gasteiger partial charge in [-0.3, -0.25) is 4.79 Å². The molecule has 31 heavy (non-hydrogen) atoms. The summed E-state index contributed by atoms with van der Waals surface area (Å²) in [4.78, 5) is 26.5. The molecule has 0 saturated heterocycles. The van der Waals surface area contributed by atoms with Gasteiger partial charge in [-0.1, -0.05) is 24.3 Å². The maximum absolute atomic E-state index is 12.5. The van der Waals surface area contributed by atoms with E-state index in [0.717, 1.165) is 16.7 Å². The van der Waals surface area contributed by atoms with Crippen molar-refractivity contribution < 1.29 is 23.8 Å². The molecule has 0 heterocycles. The van der Waals surface area contributed by atoms with Crippen molar-refractivity contribution >= 4 is 17.3 Å². The smallest absolute Gasteiger partial charge is 0.341 e. The van der Waals surface area contributed by atoms with E-state index in [1.165, 1.54) is 20.5 Å². The lowest BCUT2D eigenvalue weighted by atomic mass is 10.00. The van der Waals surface area contributed by atoms with Crippen LogP contribution in [0.1, 0.15) is 32.6 Å². The van der Waals surface area contributed by atoms with Gasteiger partial charge in [0.05, 0.1) is 20.5 Å². The molecule has 0 amide bonds. The molecule has 0 N–H and O–H groups in total. The minimum Gasteiger partial charge on any atom is -0.503 e. The number of carbonyl (C=O) groups is 2. The number of rotatable bonds is 9. The highest BCUT2D eigenvalue weighted by atomic mass is 16.5. The van der Waals surface area contributed by atoms with Crippen LogP contribution in [-0.2, 0) is 20.9 Å². The third-order valence-corrected chi connectivity index (χ3v) is 4.64. The molecule has 0 bridgehead atoms. The second-order valence-electron chi connectivity index (χ2n) is 7.28. The number of ether oxygens (including phenoxy) is 3. The standard InChI is InChI=1S/C25H29NO5/c1-17-14-24(18(2)13-21(17)23(27)11-12-26(3)4)31-15-19-9-7-8-10-20(19)22(16-29-5)25(28)30-6/h7-14,16H,15H2,1-6H3/b12-11+,22-16?. The van der Waals surface area contributed by atoms with E-state index in [9.17, 15) is 9.59 Å². The van der Waals surface area contributed by atoms with Gasteiger partial charge in [-0.25, -0.2) is 4.79 Å². The monoisotopic (exact) mass is 423 g/mol. The van der Waals surface area contributed by atoms with Crippen molar-refractivity contribution in [2.45, 2.75) is 20.5 Å².